The maximum atomic E-state index is 11.9. The first-order chi connectivity index (χ1) is 7.63. The first-order valence-corrected chi connectivity index (χ1v) is 5.69. The number of nitrogens with one attached hydrogen (secondary N) is 1. The van der Waals surface area contributed by atoms with Crippen LogP contribution in [-0.2, 0) is 11.8 Å². The van der Waals surface area contributed by atoms with Crippen LogP contribution in [0.15, 0.2) is 6.20 Å². The lowest BCUT2D eigenvalue weighted by molar-refractivity contribution is -0.118. The van der Waals surface area contributed by atoms with E-state index in [4.69, 9.17) is 11.6 Å². The zero-order chi connectivity index (χ0) is 13.4. The van der Waals surface area contributed by atoms with Gasteiger partial charge in [0.2, 0.25) is 0 Å². The maximum absolute atomic E-state index is 11.9. The van der Waals surface area contributed by atoms with Crippen LogP contribution in [0.5, 0.6) is 0 Å². The normalized spacial score (nSPS) is 11.4. The fourth-order valence-electron chi connectivity index (χ4n) is 1.47. The summed E-state index contributed by atoms with van der Waals surface area (Å²) in [5.41, 5.74) is 0.543. The number of carbonyl (C=O) groups is 2. The van der Waals surface area contributed by atoms with Crippen LogP contribution in [0.1, 0.15) is 36.7 Å². The smallest absolute Gasteiger partial charge is 0.292 e. The Morgan fingerprint density at radius 3 is 2.24 bits per heavy atom. The van der Waals surface area contributed by atoms with Gasteiger partial charge in [-0.05, 0) is 33.3 Å². The molecular formula is C12H17ClN2O2. The van der Waals surface area contributed by atoms with Crippen LogP contribution in [0.4, 0.5) is 0 Å². The van der Waals surface area contributed by atoms with E-state index in [0.717, 1.165) is 0 Å². The summed E-state index contributed by atoms with van der Waals surface area (Å²) in [5, 5.41) is 3.10. The summed E-state index contributed by atoms with van der Waals surface area (Å²) >= 11 is 5.96. The number of amides is 1. The van der Waals surface area contributed by atoms with Crippen LogP contribution in [0, 0.1) is 6.92 Å². The number of aryl methyl sites for hydroxylation is 1. The van der Waals surface area contributed by atoms with E-state index in [1.165, 1.54) is 0 Å². The van der Waals surface area contributed by atoms with Crippen molar-refractivity contribution >= 4 is 23.3 Å². The van der Waals surface area contributed by atoms with E-state index in [0.29, 0.717) is 16.3 Å². The van der Waals surface area contributed by atoms with E-state index in [9.17, 15) is 9.59 Å². The summed E-state index contributed by atoms with van der Waals surface area (Å²) in [6.07, 6.45) is 1.57. The van der Waals surface area contributed by atoms with Gasteiger partial charge in [-0.3, -0.25) is 9.59 Å². The Hall–Kier alpha value is -1.29. The van der Waals surface area contributed by atoms with Crippen LogP contribution >= 0.6 is 11.6 Å². The van der Waals surface area contributed by atoms with Crippen molar-refractivity contribution in [3.05, 3.63) is 22.5 Å². The quantitative estimate of drug-likeness (QED) is 0.651. The molecule has 0 aliphatic heterocycles. The third-order valence-electron chi connectivity index (χ3n) is 2.29. The van der Waals surface area contributed by atoms with Crippen molar-refractivity contribution < 1.29 is 9.59 Å². The summed E-state index contributed by atoms with van der Waals surface area (Å²) in [4.78, 5) is 23.6. The number of hydrogen-bond donors (Lipinski definition) is 1. The Bertz CT molecular complexity index is 470. The summed E-state index contributed by atoms with van der Waals surface area (Å²) in [6.45, 7) is 7.19. The zero-order valence-electron chi connectivity index (χ0n) is 10.7. The summed E-state index contributed by atoms with van der Waals surface area (Å²) in [5.74, 6) is -1.16. The average Bonchev–Trinajstić information content (AvgIpc) is 2.42. The van der Waals surface area contributed by atoms with Gasteiger partial charge in [0.25, 0.3) is 11.7 Å². The summed E-state index contributed by atoms with van der Waals surface area (Å²) in [7, 11) is 1.73. The Kier molecular flexibility index (Phi) is 3.67. The minimum atomic E-state index is -0.608. The van der Waals surface area contributed by atoms with Gasteiger partial charge < -0.3 is 9.88 Å². The Morgan fingerprint density at radius 2 is 1.88 bits per heavy atom. The van der Waals surface area contributed by atoms with Gasteiger partial charge in [-0.2, -0.15) is 0 Å². The minimum absolute atomic E-state index is 0.347. The van der Waals surface area contributed by atoms with Gasteiger partial charge in [0.1, 0.15) is 5.15 Å². The van der Waals surface area contributed by atoms with E-state index < -0.39 is 17.2 Å². The van der Waals surface area contributed by atoms with Crippen LogP contribution in [-0.4, -0.2) is 21.8 Å². The lowest BCUT2D eigenvalue weighted by Gasteiger charge is -2.19. The van der Waals surface area contributed by atoms with Gasteiger partial charge in [0, 0.05) is 24.3 Å². The monoisotopic (exact) mass is 256 g/mol. The largest absolute Gasteiger partial charge is 0.345 e. The van der Waals surface area contributed by atoms with Crippen molar-refractivity contribution in [1.82, 2.24) is 9.88 Å². The molecule has 4 nitrogen and oxygen atoms in total. The van der Waals surface area contributed by atoms with Crippen LogP contribution in [0.2, 0.25) is 5.15 Å². The van der Waals surface area contributed by atoms with Crippen molar-refractivity contribution in [2.24, 2.45) is 7.05 Å². The zero-order valence-corrected chi connectivity index (χ0v) is 11.5. The second kappa shape index (κ2) is 4.53. The van der Waals surface area contributed by atoms with Crippen molar-refractivity contribution in [2.75, 3.05) is 0 Å². The molecule has 0 atom stereocenters. The Balaban J connectivity index is 2.98. The second-order valence-electron chi connectivity index (χ2n) is 5.10. The van der Waals surface area contributed by atoms with E-state index in [1.807, 2.05) is 20.8 Å². The molecule has 0 aliphatic rings. The van der Waals surface area contributed by atoms with Gasteiger partial charge in [-0.15, -0.1) is 0 Å². The molecule has 0 fully saturated rings. The molecule has 0 unspecified atom stereocenters. The molecule has 0 saturated heterocycles. The fourth-order valence-corrected chi connectivity index (χ4v) is 1.62. The van der Waals surface area contributed by atoms with Gasteiger partial charge in [0.15, 0.2) is 0 Å². The SMILES string of the molecule is Cc1c(C(=O)C(=O)NC(C)(C)C)cn(C)c1Cl. The molecule has 1 aromatic heterocycles. The van der Waals surface area contributed by atoms with Crippen LogP contribution in [0.3, 0.4) is 0 Å². The summed E-state index contributed by atoms with van der Waals surface area (Å²) < 4.78 is 1.62. The molecule has 5 heteroatoms. The number of rotatable bonds is 2. The molecule has 94 valence electrons. The number of halogens is 1. The molecule has 0 aliphatic carbocycles. The molecular weight excluding hydrogens is 240 g/mol. The molecule has 17 heavy (non-hydrogen) atoms. The third kappa shape index (κ3) is 3.09. The number of nitrogens with zero attached hydrogens (tertiary/aromatic N) is 1. The predicted octanol–water partition coefficient (Wildman–Crippen LogP) is 2.08. The topological polar surface area (TPSA) is 51.1 Å². The number of ketones is 1. The maximum Gasteiger partial charge on any atom is 0.292 e. The average molecular weight is 257 g/mol. The highest BCUT2D eigenvalue weighted by Gasteiger charge is 2.24. The van der Waals surface area contributed by atoms with Gasteiger partial charge >= 0.3 is 0 Å². The Morgan fingerprint density at radius 1 is 1.35 bits per heavy atom. The highest BCUT2D eigenvalue weighted by molar-refractivity contribution is 6.44. The van der Waals surface area contributed by atoms with Crippen molar-refractivity contribution in [3.63, 3.8) is 0 Å². The van der Waals surface area contributed by atoms with Crippen molar-refractivity contribution in [1.29, 1.82) is 0 Å². The minimum Gasteiger partial charge on any atom is -0.345 e. The molecule has 1 N–H and O–H groups in total. The van der Waals surface area contributed by atoms with E-state index in [2.05, 4.69) is 5.32 Å². The third-order valence-corrected chi connectivity index (χ3v) is 2.84. The molecule has 0 bridgehead atoms. The van der Waals surface area contributed by atoms with E-state index in [-0.39, 0.29) is 0 Å². The van der Waals surface area contributed by atoms with E-state index in [1.54, 1.807) is 24.7 Å². The molecule has 0 aromatic carbocycles. The highest BCUT2D eigenvalue weighted by Crippen LogP contribution is 2.21. The number of hydrogen-bond acceptors (Lipinski definition) is 2. The molecule has 0 spiro atoms. The molecule has 1 heterocycles. The first-order valence-electron chi connectivity index (χ1n) is 5.31. The lowest BCUT2D eigenvalue weighted by Crippen LogP contribution is -2.44. The van der Waals surface area contributed by atoms with Crippen LogP contribution in [0.25, 0.3) is 0 Å². The molecule has 1 amide bonds. The predicted molar refractivity (Wildman–Crippen MR) is 67.4 cm³/mol. The van der Waals surface area contributed by atoms with Crippen molar-refractivity contribution in [3.8, 4) is 0 Å². The summed E-state index contributed by atoms with van der Waals surface area (Å²) in [6, 6.07) is 0. The van der Waals surface area contributed by atoms with Gasteiger partial charge in [-0.25, -0.2) is 0 Å². The van der Waals surface area contributed by atoms with Crippen LogP contribution < -0.4 is 5.32 Å². The number of aromatic nitrogens is 1. The first kappa shape index (κ1) is 13.8. The second-order valence-corrected chi connectivity index (χ2v) is 5.46. The number of carbonyl (C=O) groups excluding carboxylic acids is 2. The molecule has 0 saturated carbocycles. The van der Waals surface area contributed by atoms with Gasteiger partial charge in [-0.1, -0.05) is 11.6 Å². The fraction of sp³-hybridized carbons (Fsp3) is 0.500. The highest BCUT2D eigenvalue weighted by atomic mass is 35.5. The standard InChI is InChI=1S/C12H17ClN2O2/c1-7-8(6-15(5)10(7)13)9(16)11(17)14-12(2,3)4/h6H,1-5H3,(H,14,17). The van der Waals surface area contributed by atoms with Gasteiger partial charge in [0.05, 0.1) is 0 Å². The number of Topliss-reactive ketones (excluding diaryl/α,β-unsaturated/α-hetero) is 1. The van der Waals surface area contributed by atoms with E-state index >= 15 is 0 Å². The molecule has 1 rings (SSSR count). The molecule has 1 aromatic rings. The van der Waals surface area contributed by atoms with Crippen molar-refractivity contribution in [2.45, 2.75) is 33.2 Å². The molecule has 0 radical (unpaired) electrons. The Labute approximate surface area is 106 Å². The lowest BCUT2D eigenvalue weighted by atomic mass is 10.1.